The van der Waals surface area contributed by atoms with E-state index in [0.29, 0.717) is 6.10 Å². The van der Waals surface area contributed by atoms with Crippen LogP contribution in [-0.4, -0.2) is 11.1 Å². The fraction of sp³-hybridized carbons (Fsp3) is 0.500. The van der Waals surface area contributed by atoms with E-state index in [9.17, 15) is 0 Å². The Bertz CT molecular complexity index is 599. The highest BCUT2D eigenvalue weighted by atomic mass is 32.1. The Morgan fingerprint density at radius 1 is 1.24 bits per heavy atom. The van der Waals surface area contributed by atoms with Crippen LogP contribution in [0.3, 0.4) is 0 Å². The zero-order valence-corrected chi connectivity index (χ0v) is 13.7. The molecule has 0 atom stereocenters. The maximum absolute atomic E-state index is 6.34. The minimum Gasteiger partial charge on any atom is -0.490 e. The number of ether oxygens (including phenoxy) is 1. The van der Waals surface area contributed by atoms with Crippen LogP contribution in [0.15, 0.2) is 23.7 Å². The number of hydrogen-bond acceptors (Lipinski definition) is 3. The molecule has 0 unspecified atom stereocenters. The van der Waals surface area contributed by atoms with Crippen LogP contribution in [0.25, 0.3) is 10.4 Å². The van der Waals surface area contributed by atoms with Crippen molar-refractivity contribution >= 4 is 11.3 Å². The molecule has 0 saturated heterocycles. The molecule has 1 aliphatic rings. The number of benzene rings is 1. The first-order chi connectivity index (χ1) is 10.3. The van der Waals surface area contributed by atoms with E-state index in [1.807, 2.05) is 5.51 Å². The molecule has 3 heteroatoms. The van der Waals surface area contributed by atoms with Gasteiger partial charge < -0.3 is 4.74 Å². The fourth-order valence-electron chi connectivity index (χ4n) is 3.04. The van der Waals surface area contributed by atoms with Gasteiger partial charge in [-0.1, -0.05) is 25.5 Å². The second kappa shape index (κ2) is 6.61. The standard InChI is InChI=1S/C18H23NOS/c1-3-14-9-10-15(18-13(2)19-12-21-18)11-17(14)20-16-7-5-4-6-8-16/h9-12,16H,3-8H2,1-2H3. The van der Waals surface area contributed by atoms with Crippen molar-refractivity contribution in [3.8, 4) is 16.2 Å². The van der Waals surface area contributed by atoms with Crippen molar-refractivity contribution in [1.29, 1.82) is 0 Å². The van der Waals surface area contributed by atoms with E-state index >= 15 is 0 Å². The Morgan fingerprint density at radius 3 is 2.71 bits per heavy atom. The van der Waals surface area contributed by atoms with E-state index in [4.69, 9.17) is 4.74 Å². The summed E-state index contributed by atoms with van der Waals surface area (Å²) in [6.45, 7) is 4.27. The van der Waals surface area contributed by atoms with Crippen LogP contribution >= 0.6 is 11.3 Å². The van der Waals surface area contributed by atoms with E-state index in [1.165, 1.54) is 48.1 Å². The van der Waals surface area contributed by atoms with Gasteiger partial charge in [0.1, 0.15) is 5.75 Å². The molecular formula is C18H23NOS. The van der Waals surface area contributed by atoms with E-state index in [1.54, 1.807) is 11.3 Å². The van der Waals surface area contributed by atoms with Crippen LogP contribution in [0, 0.1) is 6.92 Å². The van der Waals surface area contributed by atoms with Gasteiger partial charge in [0, 0.05) is 0 Å². The number of thiazole rings is 1. The normalized spacial score (nSPS) is 16.1. The van der Waals surface area contributed by atoms with Crippen LogP contribution in [0.2, 0.25) is 0 Å². The maximum Gasteiger partial charge on any atom is 0.123 e. The van der Waals surface area contributed by atoms with Crippen molar-refractivity contribution in [3.05, 3.63) is 35.0 Å². The molecule has 1 saturated carbocycles. The van der Waals surface area contributed by atoms with Gasteiger partial charge in [0.25, 0.3) is 0 Å². The third-order valence-electron chi connectivity index (χ3n) is 4.30. The predicted molar refractivity (Wildman–Crippen MR) is 89.2 cm³/mol. The van der Waals surface area contributed by atoms with Crippen molar-refractivity contribution in [2.75, 3.05) is 0 Å². The van der Waals surface area contributed by atoms with Crippen molar-refractivity contribution in [3.63, 3.8) is 0 Å². The summed E-state index contributed by atoms with van der Waals surface area (Å²) in [7, 11) is 0. The average Bonchev–Trinajstić information content (AvgIpc) is 2.94. The zero-order chi connectivity index (χ0) is 14.7. The van der Waals surface area contributed by atoms with Crippen molar-refractivity contribution in [2.45, 2.75) is 58.5 Å². The summed E-state index contributed by atoms with van der Waals surface area (Å²) in [5.41, 5.74) is 5.57. The van der Waals surface area contributed by atoms with E-state index in [-0.39, 0.29) is 0 Å². The monoisotopic (exact) mass is 301 g/mol. The van der Waals surface area contributed by atoms with E-state index < -0.39 is 0 Å². The zero-order valence-electron chi connectivity index (χ0n) is 12.9. The topological polar surface area (TPSA) is 22.1 Å². The SMILES string of the molecule is CCc1ccc(-c2scnc2C)cc1OC1CCCCC1. The molecule has 1 fully saturated rings. The van der Waals surface area contributed by atoms with Crippen LogP contribution < -0.4 is 4.74 Å². The van der Waals surface area contributed by atoms with Crippen LogP contribution in [0.1, 0.15) is 50.3 Å². The molecule has 2 nitrogen and oxygen atoms in total. The Balaban J connectivity index is 1.88. The lowest BCUT2D eigenvalue weighted by Crippen LogP contribution is -2.20. The molecule has 2 aromatic rings. The van der Waals surface area contributed by atoms with Gasteiger partial charge in [-0.3, -0.25) is 0 Å². The first-order valence-electron chi connectivity index (χ1n) is 7.98. The summed E-state index contributed by atoms with van der Waals surface area (Å²) >= 11 is 1.70. The summed E-state index contributed by atoms with van der Waals surface area (Å²) in [6.07, 6.45) is 7.80. The maximum atomic E-state index is 6.34. The molecule has 21 heavy (non-hydrogen) atoms. The number of rotatable bonds is 4. The molecule has 1 aromatic heterocycles. The van der Waals surface area contributed by atoms with Crippen molar-refractivity contribution in [2.24, 2.45) is 0 Å². The predicted octanol–water partition coefficient (Wildman–Crippen LogP) is 5.39. The average molecular weight is 301 g/mol. The van der Waals surface area contributed by atoms with Gasteiger partial charge in [0.05, 0.1) is 22.2 Å². The van der Waals surface area contributed by atoms with E-state index in [2.05, 4.69) is 37.0 Å². The van der Waals surface area contributed by atoms with Gasteiger partial charge in [0.15, 0.2) is 0 Å². The molecule has 0 aliphatic heterocycles. The molecule has 3 rings (SSSR count). The molecule has 112 valence electrons. The summed E-state index contributed by atoms with van der Waals surface area (Å²) in [6, 6.07) is 6.63. The number of aromatic nitrogens is 1. The number of nitrogens with zero attached hydrogens (tertiary/aromatic N) is 1. The molecule has 0 N–H and O–H groups in total. The Hall–Kier alpha value is -1.35. The summed E-state index contributed by atoms with van der Waals surface area (Å²) in [5, 5.41) is 0. The van der Waals surface area contributed by atoms with Crippen molar-refractivity contribution in [1.82, 2.24) is 4.98 Å². The van der Waals surface area contributed by atoms with Gasteiger partial charge in [-0.25, -0.2) is 4.98 Å². The first kappa shape index (κ1) is 14.6. The van der Waals surface area contributed by atoms with Crippen molar-refractivity contribution < 1.29 is 4.74 Å². The molecule has 0 spiro atoms. The van der Waals surface area contributed by atoms with Crippen LogP contribution in [-0.2, 0) is 6.42 Å². The van der Waals surface area contributed by atoms with Gasteiger partial charge in [-0.15, -0.1) is 11.3 Å². The first-order valence-corrected chi connectivity index (χ1v) is 8.86. The molecule has 1 aromatic carbocycles. The smallest absolute Gasteiger partial charge is 0.123 e. The molecule has 1 aliphatic carbocycles. The second-order valence-corrected chi connectivity index (χ2v) is 6.68. The Kier molecular flexibility index (Phi) is 4.59. The second-order valence-electron chi connectivity index (χ2n) is 5.82. The highest BCUT2D eigenvalue weighted by Gasteiger charge is 2.17. The molecular weight excluding hydrogens is 278 g/mol. The lowest BCUT2D eigenvalue weighted by Gasteiger charge is -2.24. The minimum absolute atomic E-state index is 0.404. The molecule has 0 bridgehead atoms. The fourth-order valence-corrected chi connectivity index (χ4v) is 3.84. The number of hydrogen-bond donors (Lipinski definition) is 0. The summed E-state index contributed by atoms with van der Waals surface area (Å²) in [5.74, 6) is 1.08. The van der Waals surface area contributed by atoms with Gasteiger partial charge in [-0.2, -0.15) is 0 Å². The lowest BCUT2D eigenvalue weighted by molar-refractivity contribution is 0.153. The molecule has 1 heterocycles. The summed E-state index contributed by atoms with van der Waals surface area (Å²) in [4.78, 5) is 5.61. The number of aryl methyl sites for hydroxylation is 2. The lowest BCUT2D eigenvalue weighted by atomic mass is 9.97. The third-order valence-corrected chi connectivity index (χ3v) is 5.28. The largest absolute Gasteiger partial charge is 0.490 e. The Labute approximate surface area is 131 Å². The highest BCUT2D eigenvalue weighted by Crippen LogP contribution is 2.33. The summed E-state index contributed by atoms with van der Waals surface area (Å²) < 4.78 is 6.34. The minimum atomic E-state index is 0.404. The third kappa shape index (κ3) is 3.29. The quantitative estimate of drug-likeness (QED) is 0.755. The van der Waals surface area contributed by atoms with Gasteiger partial charge in [0.2, 0.25) is 0 Å². The van der Waals surface area contributed by atoms with Gasteiger partial charge >= 0.3 is 0 Å². The van der Waals surface area contributed by atoms with E-state index in [0.717, 1.165) is 17.9 Å². The van der Waals surface area contributed by atoms with Crippen LogP contribution in [0.5, 0.6) is 5.75 Å². The highest BCUT2D eigenvalue weighted by molar-refractivity contribution is 7.13. The molecule has 0 amide bonds. The van der Waals surface area contributed by atoms with Gasteiger partial charge in [-0.05, 0) is 56.2 Å². The van der Waals surface area contributed by atoms with Crippen LogP contribution in [0.4, 0.5) is 0 Å². The molecule has 0 radical (unpaired) electrons. The Morgan fingerprint density at radius 2 is 2.05 bits per heavy atom.